The molecule has 0 aliphatic rings. The van der Waals surface area contributed by atoms with Crippen molar-refractivity contribution in [2.75, 3.05) is 12.8 Å². The summed E-state index contributed by atoms with van der Waals surface area (Å²) in [6.07, 6.45) is 0.400. The van der Waals surface area contributed by atoms with Gasteiger partial charge in [-0.15, -0.1) is 0 Å². The molecule has 0 saturated carbocycles. The third-order valence-corrected chi connectivity index (χ3v) is 3.37. The number of benzene rings is 2. The Morgan fingerprint density at radius 1 is 1.24 bits per heavy atom. The first-order valence-corrected chi connectivity index (χ1v) is 6.51. The summed E-state index contributed by atoms with van der Waals surface area (Å²) in [5, 5.41) is 8.71. The zero-order valence-electron chi connectivity index (χ0n) is 11.6. The number of methoxy groups -OCH3 is 1. The highest BCUT2D eigenvalue weighted by Gasteiger charge is 2.10. The molecular formula is C16H14N4O. The number of hydrogen-bond acceptors (Lipinski definition) is 4. The summed E-state index contributed by atoms with van der Waals surface area (Å²) in [5.41, 5.74) is 9.63. The third kappa shape index (κ3) is 2.28. The zero-order valence-corrected chi connectivity index (χ0v) is 11.6. The minimum absolute atomic E-state index is 0.400. The van der Waals surface area contributed by atoms with Crippen molar-refractivity contribution >= 4 is 17.0 Å². The van der Waals surface area contributed by atoms with E-state index in [1.54, 1.807) is 7.11 Å². The van der Waals surface area contributed by atoms with Crippen LogP contribution >= 0.6 is 0 Å². The SMILES string of the molecule is COc1ccc2c(c1)nc(N)n2-c1ccc(CC#N)cc1. The number of fused-ring (bicyclic) bond motifs is 1. The minimum Gasteiger partial charge on any atom is -0.497 e. The number of rotatable bonds is 3. The van der Waals surface area contributed by atoms with Crippen LogP contribution in [0.2, 0.25) is 0 Å². The molecule has 21 heavy (non-hydrogen) atoms. The van der Waals surface area contributed by atoms with Crippen molar-refractivity contribution in [3.8, 4) is 17.5 Å². The van der Waals surface area contributed by atoms with Crippen molar-refractivity contribution in [3.05, 3.63) is 48.0 Å². The first-order chi connectivity index (χ1) is 10.2. The first-order valence-electron chi connectivity index (χ1n) is 6.51. The van der Waals surface area contributed by atoms with Crippen molar-refractivity contribution in [1.29, 1.82) is 5.26 Å². The average Bonchev–Trinajstić information content (AvgIpc) is 2.83. The van der Waals surface area contributed by atoms with Crippen molar-refractivity contribution in [2.24, 2.45) is 0 Å². The lowest BCUT2D eigenvalue weighted by atomic mass is 10.1. The van der Waals surface area contributed by atoms with Gasteiger partial charge in [-0.3, -0.25) is 4.57 Å². The summed E-state index contributed by atoms with van der Waals surface area (Å²) in [6.45, 7) is 0. The van der Waals surface area contributed by atoms with Gasteiger partial charge in [-0.05, 0) is 29.8 Å². The molecule has 5 heteroatoms. The summed E-state index contributed by atoms with van der Waals surface area (Å²) in [4.78, 5) is 4.37. The number of nitriles is 1. The normalized spacial score (nSPS) is 10.5. The molecule has 0 bridgehead atoms. The molecule has 0 atom stereocenters. The lowest BCUT2D eigenvalue weighted by molar-refractivity contribution is 0.415. The van der Waals surface area contributed by atoms with E-state index in [9.17, 15) is 0 Å². The molecule has 1 aromatic heterocycles. The molecule has 2 aromatic carbocycles. The lowest BCUT2D eigenvalue weighted by Crippen LogP contribution is -2.00. The Morgan fingerprint density at radius 3 is 2.67 bits per heavy atom. The molecular weight excluding hydrogens is 264 g/mol. The molecule has 0 spiro atoms. The van der Waals surface area contributed by atoms with Crippen LogP contribution in [0.25, 0.3) is 16.7 Å². The summed E-state index contributed by atoms with van der Waals surface area (Å²) >= 11 is 0. The van der Waals surface area contributed by atoms with Gasteiger partial charge in [0.1, 0.15) is 5.75 Å². The number of aromatic nitrogens is 2. The van der Waals surface area contributed by atoms with E-state index in [0.29, 0.717) is 12.4 Å². The van der Waals surface area contributed by atoms with Crippen molar-refractivity contribution < 1.29 is 4.74 Å². The van der Waals surface area contributed by atoms with Gasteiger partial charge >= 0.3 is 0 Å². The second-order valence-corrected chi connectivity index (χ2v) is 4.66. The Morgan fingerprint density at radius 2 is 2.00 bits per heavy atom. The summed E-state index contributed by atoms with van der Waals surface area (Å²) in [7, 11) is 1.62. The fraction of sp³-hybridized carbons (Fsp3) is 0.125. The maximum atomic E-state index is 8.71. The van der Waals surface area contributed by atoms with Gasteiger partial charge in [0.15, 0.2) is 0 Å². The molecule has 0 radical (unpaired) electrons. The molecule has 0 fully saturated rings. The molecule has 0 aliphatic carbocycles. The first kappa shape index (κ1) is 13.0. The summed E-state index contributed by atoms with van der Waals surface area (Å²) in [5.74, 6) is 1.17. The Bertz CT molecular complexity index is 828. The van der Waals surface area contributed by atoms with Gasteiger partial charge < -0.3 is 10.5 Å². The number of nitrogen functional groups attached to an aromatic ring is 1. The average molecular weight is 278 g/mol. The highest BCUT2D eigenvalue weighted by Crippen LogP contribution is 2.26. The Kier molecular flexibility index (Phi) is 3.20. The van der Waals surface area contributed by atoms with Crippen LogP contribution in [-0.2, 0) is 6.42 Å². The van der Waals surface area contributed by atoms with Crippen LogP contribution < -0.4 is 10.5 Å². The molecule has 104 valence electrons. The predicted octanol–water partition coefficient (Wildman–Crippen LogP) is 2.68. The smallest absolute Gasteiger partial charge is 0.205 e. The number of ether oxygens (including phenoxy) is 1. The van der Waals surface area contributed by atoms with Gasteiger partial charge in [-0.2, -0.15) is 5.26 Å². The van der Waals surface area contributed by atoms with Crippen LogP contribution in [-0.4, -0.2) is 16.7 Å². The fourth-order valence-electron chi connectivity index (χ4n) is 2.33. The van der Waals surface area contributed by atoms with E-state index >= 15 is 0 Å². The van der Waals surface area contributed by atoms with Gasteiger partial charge in [-0.25, -0.2) is 4.98 Å². The number of anilines is 1. The molecule has 3 aromatic rings. The highest BCUT2D eigenvalue weighted by atomic mass is 16.5. The lowest BCUT2D eigenvalue weighted by Gasteiger charge is -2.07. The summed E-state index contributed by atoms with van der Waals surface area (Å²) < 4.78 is 7.08. The topological polar surface area (TPSA) is 76.9 Å². The number of nitrogens with two attached hydrogens (primary N) is 1. The predicted molar refractivity (Wildman–Crippen MR) is 81.4 cm³/mol. The molecule has 3 rings (SSSR count). The number of nitrogens with zero attached hydrogens (tertiary/aromatic N) is 3. The van der Waals surface area contributed by atoms with Crippen LogP contribution in [0.1, 0.15) is 5.56 Å². The minimum atomic E-state index is 0.400. The van der Waals surface area contributed by atoms with Gasteiger partial charge in [0, 0.05) is 11.8 Å². The van der Waals surface area contributed by atoms with E-state index in [-0.39, 0.29) is 0 Å². The standard InChI is InChI=1S/C16H14N4O/c1-21-13-6-7-15-14(10-13)19-16(18)20(15)12-4-2-11(3-5-12)8-9-17/h2-7,10H,8H2,1H3,(H2,18,19). The number of imidazole rings is 1. The van der Waals surface area contributed by atoms with Gasteiger partial charge in [0.25, 0.3) is 0 Å². The van der Waals surface area contributed by atoms with Crippen molar-refractivity contribution in [3.63, 3.8) is 0 Å². The Balaban J connectivity index is 2.11. The Labute approximate surface area is 122 Å². The maximum absolute atomic E-state index is 8.71. The van der Waals surface area contributed by atoms with Crippen LogP contribution in [0.3, 0.4) is 0 Å². The molecule has 0 saturated heterocycles. The van der Waals surface area contributed by atoms with E-state index in [0.717, 1.165) is 28.0 Å². The largest absolute Gasteiger partial charge is 0.497 e. The van der Waals surface area contributed by atoms with E-state index in [2.05, 4.69) is 11.1 Å². The highest BCUT2D eigenvalue weighted by molar-refractivity contribution is 5.82. The Hall–Kier alpha value is -3.00. The van der Waals surface area contributed by atoms with Crippen LogP contribution in [0.15, 0.2) is 42.5 Å². The van der Waals surface area contributed by atoms with Crippen LogP contribution in [0.5, 0.6) is 5.75 Å². The van der Waals surface area contributed by atoms with Gasteiger partial charge in [0.05, 0.1) is 30.6 Å². The van der Waals surface area contributed by atoms with Crippen molar-refractivity contribution in [2.45, 2.75) is 6.42 Å². The maximum Gasteiger partial charge on any atom is 0.205 e. The van der Waals surface area contributed by atoms with E-state index < -0.39 is 0 Å². The molecule has 2 N–H and O–H groups in total. The second-order valence-electron chi connectivity index (χ2n) is 4.66. The summed E-state index contributed by atoms with van der Waals surface area (Å²) in [6, 6.07) is 15.5. The molecule has 0 unspecified atom stereocenters. The second kappa shape index (κ2) is 5.17. The molecule has 0 aliphatic heterocycles. The fourth-order valence-corrected chi connectivity index (χ4v) is 2.33. The van der Waals surface area contributed by atoms with E-state index in [1.165, 1.54) is 0 Å². The van der Waals surface area contributed by atoms with Crippen LogP contribution in [0.4, 0.5) is 5.95 Å². The quantitative estimate of drug-likeness (QED) is 0.799. The monoisotopic (exact) mass is 278 g/mol. The molecule has 5 nitrogen and oxygen atoms in total. The molecule has 1 heterocycles. The molecule has 0 amide bonds. The van der Waals surface area contributed by atoms with E-state index in [4.69, 9.17) is 15.7 Å². The zero-order chi connectivity index (χ0) is 14.8. The van der Waals surface area contributed by atoms with Gasteiger partial charge in [0.2, 0.25) is 5.95 Å². The van der Waals surface area contributed by atoms with Crippen LogP contribution in [0, 0.1) is 11.3 Å². The van der Waals surface area contributed by atoms with Gasteiger partial charge in [-0.1, -0.05) is 12.1 Å². The number of hydrogen-bond donors (Lipinski definition) is 1. The van der Waals surface area contributed by atoms with Crippen molar-refractivity contribution in [1.82, 2.24) is 9.55 Å². The van der Waals surface area contributed by atoms with E-state index in [1.807, 2.05) is 47.0 Å². The third-order valence-electron chi connectivity index (χ3n) is 3.37.